The number of anilines is 1. The maximum atomic E-state index is 12.5. The Morgan fingerprint density at radius 1 is 1.02 bits per heavy atom. The number of halogens is 2. The van der Waals surface area contributed by atoms with Crippen LogP contribution in [0, 0.1) is 0 Å². The Hall–Kier alpha value is -3.31. The van der Waals surface area contributed by atoms with Crippen LogP contribution in [-0.2, 0) is 21.1 Å². The molecule has 0 radical (unpaired) electrons. The third-order valence-electron chi connectivity index (χ3n) is 7.05. The highest BCUT2D eigenvalue weighted by molar-refractivity contribution is 6.43. The molecule has 1 aliphatic heterocycles. The van der Waals surface area contributed by atoms with E-state index in [-0.39, 0.29) is 25.1 Å². The van der Waals surface area contributed by atoms with Gasteiger partial charge in [-0.3, -0.25) is 23.9 Å². The summed E-state index contributed by atoms with van der Waals surface area (Å²) < 4.78 is 12.5. The summed E-state index contributed by atoms with van der Waals surface area (Å²) in [5.41, 5.74) is 6.90. The SMILES string of the molecule is NC(CCC(=O)O)C(=O)OCn1c(=O)ccc2ccc(OCCCCN3CCN(c4cccc(Cl)c4Cl)CC3)cc21. The van der Waals surface area contributed by atoms with Gasteiger partial charge in [-0.1, -0.05) is 29.3 Å². The standard InChI is InChI=1S/C29H34Cl2N4O6/c30-22-4-3-5-24(28(22)31)34-15-13-33(14-16-34)12-1-2-17-40-21-8-6-20-7-10-26(36)35(25(20)18-21)19-41-29(39)23(32)9-11-27(37)38/h3-8,10,18,23H,1-2,9,11-17,19,32H2,(H,37,38). The van der Waals surface area contributed by atoms with Crippen LogP contribution in [0.2, 0.25) is 10.0 Å². The predicted molar refractivity (Wildman–Crippen MR) is 159 cm³/mol. The van der Waals surface area contributed by atoms with Crippen molar-refractivity contribution in [2.45, 2.75) is 38.5 Å². The Kier molecular flexibility index (Phi) is 10.9. The number of carbonyl (C=O) groups excluding carboxylic acids is 1. The van der Waals surface area contributed by atoms with Crippen molar-refractivity contribution in [1.29, 1.82) is 0 Å². The summed E-state index contributed by atoms with van der Waals surface area (Å²) in [6.07, 6.45) is 1.55. The van der Waals surface area contributed by atoms with Crippen molar-refractivity contribution in [2.24, 2.45) is 5.73 Å². The zero-order valence-corrected chi connectivity index (χ0v) is 24.1. The van der Waals surface area contributed by atoms with Crippen molar-refractivity contribution in [3.8, 4) is 5.75 Å². The normalized spacial score (nSPS) is 14.7. The summed E-state index contributed by atoms with van der Waals surface area (Å²) in [5.74, 6) is -1.21. The summed E-state index contributed by atoms with van der Waals surface area (Å²) in [6, 6.07) is 13.1. The zero-order chi connectivity index (χ0) is 29.4. The topological polar surface area (TPSA) is 127 Å². The molecule has 12 heteroatoms. The predicted octanol–water partition coefficient (Wildman–Crippen LogP) is 3.98. The molecule has 0 saturated carbocycles. The molecule has 220 valence electrons. The maximum absolute atomic E-state index is 12.5. The molecule has 2 aromatic carbocycles. The number of ether oxygens (including phenoxy) is 2. The Bertz CT molecular complexity index is 1420. The minimum atomic E-state index is -1.08. The van der Waals surface area contributed by atoms with Crippen LogP contribution in [-0.4, -0.2) is 71.9 Å². The molecule has 4 rings (SSSR count). The average Bonchev–Trinajstić information content (AvgIpc) is 2.96. The number of pyridine rings is 1. The van der Waals surface area contributed by atoms with Gasteiger partial charge in [-0.05, 0) is 61.5 Å². The van der Waals surface area contributed by atoms with E-state index in [0.29, 0.717) is 27.9 Å². The Balaban J connectivity index is 1.24. The van der Waals surface area contributed by atoms with E-state index in [9.17, 15) is 14.4 Å². The number of aliphatic carboxylic acids is 1. The van der Waals surface area contributed by atoms with Gasteiger partial charge in [-0.2, -0.15) is 0 Å². The molecule has 41 heavy (non-hydrogen) atoms. The molecule has 0 aliphatic carbocycles. The van der Waals surface area contributed by atoms with E-state index in [1.54, 1.807) is 18.2 Å². The average molecular weight is 606 g/mol. The van der Waals surface area contributed by atoms with Crippen LogP contribution in [0.3, 0.4) is 0 Å². The largest absolute Gasteiger partial charge is 0.494 e. The Labute approximate surface area is 248 Å². The number of unbranched alkanes of at least 4 members (excludes halogenated alkanes) is 1. The van der Waals surface area contributed by atoms with Gasteiger partial charge in [0.15, 0.2) is 6.73 Å². The Morgan fingerprint density at radius 3 is 2.54 bits per heavy atom. The first-order chi connectivity index (χ1) is 19.7. The summed E-state index contributed by atoms with van der Waals surface area (Å²) in [5, 5.41) is 10.7. The summed E-state index contributed by atoms with van der Waals surface area (Å²) in [4.78, 5) is 40.1. The van der Waals surface area contributed by atoms with Gasteiger partial charge >= 0.3 is 11.9 Å². The molecule has 10 nitrogen and oxygen atoms in total. The molecular formula is C29H34Cl2N4O6. The fraction of sp³-hybridized carbons (Fsp3) is 0.414. The van der Waals surface area contributed by atoms with Gasteiger partial charge in [-0.15, -0.1) is 0 Å². The Morgan fingerprint density at radius 2 is 1.78 bits per heavy atom. The molecule has 3 N–H and O–H groups in total. The van der Waals surface area contributed by atoms with Gasteiger partial charge in [0.1, 0.15) is 11.8 Å². The van der Waals surface area contributed by atoms with Gasteiger partial charge < -0.3 is 25.2 Å². The lowest BCUT2D eigenvalue weighted by atomic mass is 10.2. The van der Waals surface area contributed by atoms with Crippen LogP contribution < -0.4 is 20.9 Å². The molecule has 1 saturated heterocycles. The number of hydrogen-bond donors (Lipinski definition) is 2. The lowest BCUT2D eigenvalue weighted by Crippen LogP contribution is -2.46. The van der Waals surface area contributed by atoms with E-state index in [1.165, 1.54) is 10.6 Å². The minimum Gasteiger partial charge on any atom is -0.494 e. The summed E-state index contributed by atoms with van der Waals surface area (Å²) in [6.45, 7) is 4.82. The number of benzene rings is 2. The van der Waals surface area contributed by atoms with Crippen LogP contribution in [0.25, 0.3) is 10.9 Å². The van der Waals surface area contributed by atoms with E-state index >= 15 is 0 Å². The number of hydrogen-bond acceptors (Lipinski definition) is 8. The second-order valence-electron chi connectivity index (χ2n) is 9.91. The smallest absolute Gasteiger partial charge is 0.324 e. The third-order valence-corrected chi connectivity index (χ3v) is 7.86. The third kappa shape index (κ3) is 8.36. The van der Waals surface area contributed by atoms with Gasteiger partial charge in [-0.25, -0.2) is 0 Å². The molecule has 1 aromatic heterocycles. The second-order valence-corrected chi connectivity index (χ2v) is 10.7. The number of nitrogens with zero attached hydrogens (tertiary/aromatic N) is 3. The number of nitrogens with two attached hydrogens (primary N) is 1. The number of aromatic nitrogens is 1. The highest BCUT2D eigenvalue weighted by Gasteiger charge is 2.20. The minimum absolute atomic E-state index is 0.0509. The van der Waals surface area contributed by atoms with E-state index in [2.05, 4.69) is 9.80 Å². The molecule has 0 amide bonds. The first-order valence-electron chi connectivity index (χ1n) is 13.5. The van der Waals surface area contributed by atoms with Crippen LogP contribution in [0.15, 0.2) is 53.3 Å². The van der Waals surface area contributed by atoms with Crippen LogP contribution >= 0.6 is 23.2 Å². The second kappa shape index (κ2) is 14.5. The monoisotopic (exact) mass is 604 g/mol. The van der Waals surface area contributed by atoms with Crippen molar-refractivity contribution < 1.29 is 24.2 Å². The highest BCUT2D eigenvalue weighted by atomic mass is 35.5. The molecule has 3 aromatic rings. The van der Waals surface area contributed by atoms with Gasteiger partial charge in [0.2, 0.25) is 0 Å². The van der Waals surface area contributed by atoms with Crippen LogP contribution in [0.5, 0.6) is 5.75 Å². The van der Waals surface area contributed by atoms with Crippen molar-refractivity contribution in [3.05, 3.63) is 68.9 Å². The maximum Gasteiger partial charge on any atom is 0.324 e. The zero-order valence-electron chi connectivity index (χ0n) is 22.6. The number of esters is 1. The number of piperazine rings is 1. The summed E-state index contributed by atoms with van der Waals surface area (Å²) in [7, 11) is 0. The van der Waals surface area contributed by atoms with Crippen molar-refractivity contribution in [2.75, 3.05) is 44.2 Å². The van der Waals surface area contributed by atoms with Crippen molar-refractivity contribution >= 4 is 51.7 Å². The highest BCUT2D eigenvalue weighted by Crippen LogP contribution is 2.32. The molecular weight excluding hydrogens is 571 g/mol. The van der Waals surface area contributed by atoms with E-state index in [0.717, 1.165) is 56.6 Å². The number of carboxylic acids is 1. The number of carboxylic acid groups (broad SMARTS) is 1. The molecule has 1 aliphatic rings. The number of rotatable bonds is 13. The van der Waals surface area contributed by atoms with Gasteiger partial charge in [0, 0.05) is 44.7 Å². The fourth-order valence-electron chi connectivity index (χ4n) is 4.70. The number of carbonyl (C=O) groups is 2. The number of fused-ring (bicyclic) bond motifs is 1. The van der Waals surface area contributed by atoms with Gasteiger partial charge in [0.05, 0.1) is 27.9 Å². The van der Waals surface area contributed by atoms with E-state index in [1.807, 2.05) is 24.3 Å². The molecule has 0 bridgehead atoms. The van der Waals surface area contributed by atoms with E-state index < -0.39 is 18.0 Å². The first kappa shape index (κ1) is 30.6. The van der Waals surface area contributed by atoms with Crippen molar-refractivity contribution in [3.63, 3.8) is 0 Å². The first-order valence-corrected chi connectivity index (χ1v) is 14.3. The van der Waals surface area contributed by atoms with Crippen LogP contribution in [0.1, 0.15) is 25.7 Å². The van der Waals surface area contributed by atoms with Crippen LogP contribution in [0.4, 0.5) is 5.69 Å². The molecule has 2 heterocycles. The van der Waals surface area contributed by atoms with Gasteiger partial charge in [0.25, 0.3) is 5.56 Å². The quantitative estimate of drug-likeness (QED) is 0.220. The molecule has 1 atom stereocenters. The van der Waals surface area contributed by atoms with Crippen molar-refractivity contribution in [1.82, 2.24) is 9.47 Å². The van der Waals surface area contributed by atoms with E-state index in [4.69, 9.17) is 43.5 Å². The fourth-order valence-corrected chi connectivity index (χ4v) is 5.11. The molecule has 1 unspecified atom stereocenters. The lowest BCUT2D eigenvalue weighted by Gasteiger charge is -2.36. The summed E-state index contributed by atoms with van der Waals surface area (Å²) >= 11 is 12.5. The molecule has 0 spiro atoms. The molecule has 1 fully saturated rings. The lowest BCUT2D eigenvalue weighted by molar-refractivity contribution is -0.149.